The van der Waals surface area contributed by atoms with E-state index in [1.54, 1.807) is 6.07 Å². The molecule has 1 unspecified atom stereocenters. The summed E-state index contributed by atoms with van der Waals surface area (Å²) >= 11 is 6.02. The van der Waals surface area contributed by atoms with Crippen LogP contribution in [0.5, 0.6) is 0 Å². The second kappa shape index (κ2) is 6.34. The highest BCUT2D eigenvalue weighted by atomic mass is 35.5. The maximum absolute atomic E-state index is 6.02. The van der Waals surface area contributed by atoms with Crippen molar-refractivity contribution in [2.75, 3.05) is 18.5 Å². The molecule has 0 fully saturated rings. The van der Waals surface area contributed by atoms with Crippen molar-refractivity contribution in [2.45, 2.75) is 46.1 Å². The van der Waals surface area contributed by atoms with Gasteiger partial charge in [0.2, 0.25) is 0 Å². The van der Waals surface area contributed by atoms with Crippen LogP contribution in [0.4, 0.5) is 5.82 Å². The standard InChI is InChI=1S/C13H22ClN3O/c1-6-18-8-9(2)15-11-7-10(14)16-12(17-11)13(3,4)5/h7,9H,6,8H2,1-5H3,(H,15,16,17). The van der Waals surface area contributed by atoms with E-state index in [-0.39, 0.29) is 11.5 Å². The highest BCUT2D eigenvalue weighted by Crippen LogP contribution is 2.22. The summed E-state index contributed by atoms with van der Waals surface area (Å²) in [5, 5.41) is 3.73. The third-order valence-electron chi connectivity index (χ3n) is 2.33. The van der Waals surface area contributed by atoms with Gasteiger partial charge >= 0.3 is 0 Å². The van der Waals surface area contributed by atoms with Crippen molar-refractivity contribution in [3.63, 3.8) is 0 Å². The molecular formula is C13H22ClN3O. The number of hydrogen-bond acceptors (Lipinski definition) is 4. The van der Waals surface area contributed by atoms with Crippen LogP contribution in [0.15, 0.2) is 6.07 Å². The molecule has 0 aliphatic carbocycles. The third kappa shape index (κ3) is 4.78. The summed E-state index contributed by atoms with van der Waals surface area (Å²) in [5.41, 5.74) is -0.121. The Labute approximate surface area is 114 Å². The van der Waals surface area contributed by atoms with Gasteiger partial charge in [0, 0.05) is 24.1 Å². The van der Waals surface area contributed by atoms with Gasteiger partial charge in [-0.05, 0) is 13.8 Å². The molecule has 0 aliphatic heterocycles. The van der Waals surface area contributed by atoms with Gasteiger partial charge in [0.05, 0.1) is 6.61 Å². The molecule has 5 heteroatoms. The molecule has 0 aliphatic rings. The molecule has 1 heterocycles. The van der Waals surface area contributed by atoms with E-state index in [1.165, 1.54) is 0 Å². The SMILES string of the molecule is CCOCC(C)Nc1cc(Cl)nc(C(C)(C)C)n1. The summed E-state index contributed by atoms with van der Waals surface area (Å²) < 4.78 is 5.36. The van der Waals surface area contributed by atoms with Crippen LogP contribution in [-0.4, -0.2) is 29.2 Å². The monoisotopic (exact) mass is 271 g/mol. The molecule has 4 nitrogen and oxygen atoms in total. The van der Waals surface area contributed by atoms with Gasteiger partial charge in [-0.25, -0.2) is 9.97 Å². The lowest BCUT2D eigenvalue weighted by molar-refractivity contribution is 0.141. The second-order valence-corrected chi connectivity index (χ2v) is 5.74. The van der Waals surface area contributed by atoms with Gasteiger partial charge in [0.15, 0.2) is 0 Å². The van der Waals surface area contributed by atoms with E-state index in [9.17, 15) is 0 Å². The Hall–Kier alpha value is -0.870. The van der Waals surface area contributed by atoms with Crippen molar-refractivity contribution in [1.82, 2.24) is 9.97 Å². The van der Waals surface area contributed by atoms with Crippen LogP contribution in [-0.2, 0) is 10.2 Å². The average Bonchev–Trinajstić information content (AvgIpc) is 2.24. The maximum Gasteiger partial charge on any atom is 0.137 e. The summed E-state index contributed by atoms with van der Waals surface area (Å²) in [6.45, 7) is 11.6. The lowest BCUT2D eigenvalue weighted by Gasteiger charge is -2.19. The van der Waals surface area contributed by atoms with E-state index in [0.717, 1.165) is 11.6 Å². The average molecular weight is 272 g/mol. The van der Waals surface area contributed by atoms with Crippen LogP contribution in [0.3, 0.4) is 0 Å². The number of rotatable bonds is 5. The molecule has 1 atom stereocenters. The summed E-state index contributed by atoms with van der Waals surface area (Å²) in [4.78, 5) is 8.75. The molecule has 0 amide bonds. The van der Waals surface area contributed by atoms with Crippen LogP contribution in [0, 0.1) is 0 Å². The first-order chi connectivity index (χ1) is 8.32. The van der Waals surface area contributed by atoms with Crippen molar-refractivity contribution in [1.29, 1.82) is 0 Å². The zero-order valence-corrected chi connectivity index (χ0v) is 12.5. The molecule has 1 rings (SSSR count). The van der Waals surface area contributed by atoms with Gasteiger partial charge in [-0.3, -0.25) is 0 Å². The van der Waals surface area contributed by atoms with Crippen LogP contribution in [0.2, 0.25) is 5.15 Å². The molecule has 0 saturated heterocycles. The van der Waals surface area contributed by atoms with Crippen molar-refractivity contribution in [2.24, 2.45) is 0 Å². The first kappa shape index (κ1) is 15.2. The van der Waals surface area contributed by atoms with E-state index in [1.807, 2.05) is 13.8 Å². The first-order valence-corrected chi connectivity index (χ1v) is 6.60. The normalized spacial score (nSPS) is 13.4. The van der Waals surface area contributed by atoms with Gasteiger partial charge in [-0.1, -0.05) is 32.4 Å². The van der Waals surface area contributed by atoms with E-state index in [2.05, 4.69) is 36.1 Å². The number of anilines is 1. The molecule has 1 N–H and O–H groups in total. The number of nitrogens with one attached hydrogen (secondary N) is 1. The molecular weight excluding hydrogens is 250 g/mol. The molecule has 0 radical (unpaired) electrons. The Morgan fingerprint density at radius 2 is 2.06 bits per heavy atom. The fourth-order valence-corrected chi connectivity index (χ4v) is 1.60. The van der Waals surface area contributed by atoms with Crippen LogP contribution in [0.25, 0.3) is 0 Å². The Bertz CT molecular complexity index is 390. The van der Waals surface area contributed by atoms with Crippen LogP contribution in [0.1, 0.15) is 40.4 Å². The van der Waals surface area contributed by atoms with Crippen molar-refractivity contribution in [3.05, 3.63) is 17.0 Å². The minimum absolute atomic E-state index is 0.121. The summed E-state index contributed by atoms with van der Waals surface area (Å²) in [5.74, 6) is 1.48. The Morgan fingerprint density at radius 1 is 1.39 bits per heavy atom. The quantitative estimate of drug-likeness (QED) is 0.835. The predicted molar refractivity (Wildman–Crippen MR) is 75.3 cm³/mol. The Kier molecular flexibility index (Phi) is 5.35. The number of halogens is 1. The number of nitrogens with zero attached hydrogens (tertiary/aromatic N) is 2. The summed E-state index contributed by atoms with van der Waals surface area (Å²) in [6.07, 6.45) is 0. The Balaban J connectivity index is 2.80. The lowest BCUT2D eigenvalue weighted by atomic mass is 9.96. The minimum atomic E-state index is -0.121. The van der Waals surface area contributed by atoms with Crippen molar-refractivity contribution < 1.29 is 4.74 Å². The summed E-state index contributed by atoms with van der Waals surface area (Å²) in [7, 11) is 0. The third-order valence-corrected chi connectivity index (χ3v) is 2.53. The van der Waals surface area contributed by atoms with Crippen molar-refractivity contribution in [3.8, 4) is 0 Å². The molecule has 1 aromatic heterocycles. The zero-order valence-electron chi connectivity index (χ0n) is 11.7. The molecule has 18 heavy (non-hydrogen) atoms. The molecule has 0 aromatic carbocycles. The topological polar surface area (TPSA) is 47.0 Å². The maximum atomic E-state index is 6.02. The van der Waals surface area contributed by atoms with Gasteiger partial charge in [-0.15, -0.1) is 0 Å². The highest BCUT2D eigenvalue weighted by Gasteiger charge is 2.19. The van der Waals surface area contributed by atoms with Crippen molar-refractivity contribution >= 4 is 17.4 Å². The lowest BCUT2D eigenvalue weighted by Crippen LogP contribution is -2.24. The fourth-order valence-electron chi connectivity index (χ4n) is 1.42. The number of hydrogen-bond donors (Lipinski definition) is 1. The minimum Gasteiger partial charge on any atom is -0.380 e. The molecule has 0 saturated carbocycles. The van der Waals surface area contributed by atoms with E-state index in [4.69, 9.17) is 16.3 Å². The highest BCUT2D eigenvalue weighted by molar-refractivity contribution is 6.29. The molecule has 102 valence electrons. The van der Waals surface area contributed by atoms with Gasteiger partial charge in [0.25, 0.3) is 0 Å². The van der Waals surface area contributed by atoms with E-state index in [0.29, 0.717) is 18.4 Å². The smallest absolute Gasteiger partial charge is 0.137 e. The van der Waals surface area contributed by atoms with Gasteiger partial charge < -0.3 is 10.1 Å². The fraction of sp³-hybridized carbons (Fsp3) is 0.692. The first-order valence-electron chi connectivity index (χ1n) is 6.22. The van der Waals surface area contributed by atoms with Crippen LogP contribution >= 0.6 is 11.6 Å². The Morgan fingerprint density at radius 3 is 2.61 bits per heavy atom. The molecule has 0 bridgehead atoms. The van der Waals surface area contributed by atoms with E-state index >= 15 is 0 Å². The largest absolute Gasteiger partial charge is 0.380 e. The summed E-state index contributed by atoms with van der Waals surface area (Å²) in [6, 6.07) is 1.92. The van der Waals surface area contributed by atoms with E-state index < -0.39 is 0 Å². The zero-order chi connectivity index (χ0) is 13.8. The van der Waals surface area contributed by atoms with Crippen LogP contribution < -0.4 is 5.32 Å². The second-order valence-electron chi connectivity index (χ2n) is 5.35. The molecule has 0 spiro atoms. The van der Waals surface area contributed by atoms with Gasteiger partial charge in [-0.2, -0.15) is 0 Å². The number of ether oxygens (including phenoxy) is 1. The predicted octanol–water partition coefficient (Wildman–Crippen LogP) is 3.26. The van der Waals surface area contributed by atoms with Gasteiger partial charge in [0.1, 0.15) is 16.8 Å². The number of aromatic nitrogens is 2. The molecule has 1 aromatic rings.